The number of halogens is 4. The molecule has 0 saturated heterocycles. The topological polar surface area (TPSA) is 64.7 Å². The molecule has 170 valence electrons. The third-order valence-corrected chi connectivity index (χ3v) is 6.65. The van der Waals surface area contributed by atoms with E-state index in [1.807, 2.05) is 30.7 Å². The molecule has 0 bridgehead atoms. The van der Waals surface area contributed by atoms with E-state index in [1.54, 1.807) is 30.5 Å². The summed E-state index contributed by atoms with van der Waals surface area (Å²) in [5.74, 6) is -0.401. The van der Waals surface area contributed by atoms with Crippen molar-refractivity contribution in [3.8, 4) is 0 Å². The Balaban J connectivity index is 1.44. The van der Waals surface area contributed by atoms with E-state index in [4.69, 9.17) is 23.2 Å². The lowest BCUT2D eigenvalue weighted by Crippen LogP contribution is -2.13. The van der Waals surface area contributed by atoms with Gasteiger partial charge in [0.2, 0.25) is 0 Å². The molecule has 2 aromatic carbocycles. The summed E-state index contributed by atoms with van der Waals surface area (Å²) in [7, 11) is 0. The van der Waals surface area contributed by atoms with Crippen LogP contribution in [0.3, 0.4) is 0 Å². The Morgan fingerprint density at radius 2 is 1.82 bits per heavy atom. The minimum Gasteiger partial charge on any atom is -0.304 e. The Bertz CT molecular complexity index is 1310. The van der Waals surface area contributed by atoms with Gasteiger partial charge in [0.15, 0.2) is 5.82 Å². The molecule has 0 aliphatic carbocycles. The number of rotatable bonds is 6. The minimum atomic E-state index is -0.414. The summed E-state index contributed by atoms with van der Waals surface area (Å²) in [5.41, 5.74) is 3.47. The van der Waals surface area contributed by atoms with Crippen LogP contribution >= 0.6 is 39.1 Å². The number of hydrogen-bond acceptors (Lipinski definition) is 3. The van der Waals surface area contributed by atoms with Crippen LogP contribution in [-0.4, -0.2) is 25.5 Å². The van der Waals surface area contributed by atoms with Crippen molar-refractivity contribution < 1.29 is 9.18 Å². The number of nitrogens with one attached hydrogen (secondary N) is 1. The lowest BCUT2D eigenvalue weighted by Gasteiger charge is -2.07. The van der Waals surface area contributed by atoms with Gasteiger partial charge in [0.25, 0.3) is 5.91 Å². The Morgan fingerprint density at radius 1 is 1.09 bits per heavy atom. The van der Waals surface area contributed by atoms with Crippen LogP contribution in [0.2, 0.25) is 10.0 Å². The summed E-state index contributed by atoms with van der Waals surface area (Å²) in [6.07, 6.45) is 1.65. The maximum Gasteiger partial charge on any atom is 0.256 e. The summed E-state index contributed by atoms with van der Waals surface area (Å²) in [4.78, 5) is 12.7. The first-order valence-corrected chi connectivity index (χ1v) is 11.5. The van der Waals surface area contributed by atoms with Crippen LogP contribution in [-0.2, 0) is 13.1 Å². The quantitative estimate of drug-likeness (QED) is 0.308. The number of carbonyl (C=O) groups excluding carboxylic acids is 1. The lowest BCUT2D eigenvalue weighted by atomic mass is 10.1. The van der Waals surface area contributed by atoms with Gasteiger partial charge in [-0.1, -0.05) is 41.4 Å². The molecule has 10 heteroatoms. The van der Waals surface area contributed by atoms with Crippen molar-refractivity contribution in [2.24, 2.45) is 0 Å². The summed E-state index contributed by atoms with van der Waals surface area (Å²) >= 11 is 15.7. The monoisotopic (exact) mass is 549 g/mol. The molecule has 33 heavy (non-hydrogen) atoms. The molecule has 4 rings (SSSR count). The zero-order valence-electron chi connectivity index (χ0n) is 17.7. The third kappa shape index (κ3) is 5.13. The van der Waals surface area contributed by atoms with Gasteiger partial charge >= 0.3 is 0 Å². The molecule has 6 nitrogen and oxygen atoms in total. The zero-order chi connectivity index (χ0) is 23.7. The highest BCUT2D eigenvalue weighted by atomic mass is 79.9. The van der Waals surface area contributed by atoms with Crippen LogP contribution in [0.5, 0.6) is 0 Å². The van der Waals surface area contributed by atoms with Gasteiger partial charge in [0.05, 0.1) is 34.0 Å². The van der Waals surface area contributed by atoms with E-state index in [-0.39, 0.29) is 12.5 Å². The number of anilines is 1. The van der Waals surface area contributed by atoms with E-state index in [0.29, 0.717) is 38.0 Å². The standard InChI is InChI=1S/C23H19BrCl2FN5O/c1-13-21(26)14(2)32(29-13)10-15-6-8-16(9-7-15)23(33)28-22-18(24)12-31(30-22)11-17-19(25)4-3-5-20(17)27/h3-9,12H,10-11H2,1-2H3,(H,28,30,33). The summed E-state index contributed by atoms with van der Waals surface area (Å²) in [6, 6.07) is 11.7. The molecule has 4 aromatic rings. The van der Waals surface area contributed by atoms with E-state index in [0.717, 1.165) is 17.0 Å². The van der Waals surface area contributed by atoms with E-state index in [2.05, 4.69) is 31.4 Å². The second-order valence-corrected chi connectivity index (χ2v) is 9.16. The second kappa shape index (κ2) is 9.67. The van der Waals surface area contributed by atoms with Crippen LogP contribution < -0.4 is 5.32 Å². The molecule has 0 saturated carbocycles. The maximum atomic E-state index is 14.1. The first kappa shape index (κ1) is 23.5. The smallest absolute Gasteiger partial charge is 0.256 e. The van der Waals surface area contributed by atoms with Crippen molar-refractivity contribution >= 4 is 50.9 Å². The number of nitrogens with zero attached hydrogens (tertiary/aromatic N) is 4. The highest BCUT2D eigenvalue weighted by Crippen LogP contribution is 2.25. The Labute approximate surface area is 208 Å². The van der Waals surface area contributed by atoms with Crippen molar-refractivity contribution in [3.05, 3.63) is 97.1 Å². The summed E-state index contributed by atoms with van der Waals surface area (Å²) in [6.45, 7) is 4.46. The SMILES string of the molecule is Cc1nn(Cc2ccc(C(=O)Nc3nn(Cc4c(F)cccc4Cl)cc3Br)cc2)c(C)c1Cl. The van der Waals surface area contributed by atoms with Crippen LogP contribution in [0.1, 0.15) is 32.9 Å². The van der Waals surface area contributed by atoms with Crippen LogP contribution in [0.25, 0.3) is 0 Å². The number of benzene rings is 2. The van der Waals surface area contributed by atoms with Gasteiger partial charge in [-0.2, -0.15) is 10.2 Å². The van der Waals surface area contributed by atoms with Gasteiger partial charge in [0.1, 0.15) is 5.82 Å². The lowest BCUT2D eigenvalue weighted by molar-refractivity contribution is 0.102. The fraction of sp³-hybridized carbons (Fsp3) is 0.174. The van der Waals surface area contributed by atoms with Crippen molar-refractivity contribution in [2.75, 3.05) is 5.32 Å². The number of carbonyl (C=O) groups is 1. The average molecular weight is 551 g/mol. The molecule has 0 unspecified atom stereocenters. The zero-order valence-corrected chi connectivity index (χ0v) is 20.8. The predicted octanol–water partition coefficient (Wildman–Crippen LogP) is 6.25. The van der Waals surface area contributed by atoms with Crippen molar-refractivity contribution in [1.82, 2.24) is 19.6 Å². The molecule has 1 N–H and O–H groups in total. The minimum absolute atomic E-state index is 0.130. The molecular formula is C23H19BrCl2FN5O. The summed E-state index contributed by atoms with van der Waals surface area (Å²) in [5, 5.41) is 12.5. The molecule has 0 fully saturated rings. The molecule has 1 amide bonds. The molecule has 0 aliphatic heterocycles. The average Bonchev–Trinajstić information content (AvgIpc) is 3.24. The molecule has 2 aromatic heterocycles. The molecule has 0 aliphatic rings. The van der Waals surface area contributed by atoms with E-state index in [1.165, 1.54) is 10.7 Å². The van der Waals surface area contributed by atoms with Gasteiger partial charge in [-0.25, -0.2) is 4.39 Å². The fourth-order valence-electron chi connectivity index (χ4n) is 3.35. The maximum absolute atomic E-state index is 14.1. The van der Waals surface area contributed by atoms with Crippen molar-refractivity contribution in [2.45, 2.75) is 26.9 Å². The van der Waals surface area contributed by atoms with Gasteiger partial charge in [-0.05, 0) is 59.6 Å². The Morgan fingerprint density at radius 3 is 2.45 bits per heavy atom. The van der Waals surface area contributed by atoms with Gasteiger partial charge < -0.3 is 5.32 Å². The number of aromatic nitrogens is 4. The van der Waals surface area contributed by atoms with Crippen molar-refractivity contribution in [1.29, 1.82) is 0 Å². The molecule has 0 atom stereocenters. The second-order valence-electron chi connectivity index (χ2n) is 7.52. The molecular weight excluding hydrogens is 532 g/mol. The highest BCUT2D eigenvalue weighted by molar-refractivity contribution is 9.10. The van der Waals surface area contributed by atoms with E-state index < -0.39 is 5.82 Å². The molecule has 0 radical (unpaired) electrons. The highest BCUT2D eigenvalue weighted by Gasteiger charge is 2.15. The van der Waals surface area contributed by atoms with Crippen LogP contribution in [0.4, 0.5) is 10.2 Å². The third-order valence-electron chi connectivity index (χ3n) is 5.17. The number of amides is 1. The number of hydrogen-bond donors (Lipinski definition) is 1. The van der Waals surface area contributed by atoms with Gasteiger partial charge in [-0.3, -0.25) is 14.2 Å². The molecule has 0 spiro atoms. The van der Waals surface area contributed by atoms with E-state index in [9.17, 15) is 9.18 Å². The molecule has 2 heterocycles. The largest absolute Gasteiger partial charge is 0.304 e. The fourth-order valence-corrected chi connectivity index (χ4v) is 4.12. The van der Waals surface area contributed by atoms with E-state index >= 15 is 0 Å². The summed E-state index contributed by atoms with van der Waals surface area (Å²) < 4.78 is 18.0. The first-order chi connectivity index (χ1) is 15.7. The van der Waals surface area contributed by atoms with Gasteiger partial charge in [0, 0.05) is 22.3 Å². The number of aryl methyl sites for hydroxylation is 1. The van der Waals surface area contributed by atoms with Crippen LogP contribution in [0.15, 0.2) is 53.1 Å². The van der Waals surface area contributed by atoms with Crippen molar-refractivity contribution in [3.63, 3.8) is 0 Å². The predicted molar refractivity (Wildman–Crippen MR) is 131 cm³/mol. The van der Waals surface area contributed by atoms with Gasteiger partial charge in [-0.15, -0.1) is 0 Å². The van der Waals surface area contributed by atoms with Crippen LogP contribution in [0, 0.1) is 19.7 Å². The Kier molecular flexibility index (Phi) is 6.88. The normalized spacial score (nSPS) is 11.1. The first-order valence-electron chi connectivity index (χ1n) is 9.98. The Hall–Kier alpha value is -2.68.